The molecule has 7 heteroatoms. The minimum atomic E-state index is -0.809. The molecule has 2 aliphatic heterocycles. The third kappa shape index (κ3) is 2.47. The number of hydrogen-bond acceptors (Lipinski definition) is 5. The molecular formula is C19H16FNO5. The lowest BCUT2D eigenvalue weighted by atomic mass is 9.84. The number of hydrogen-bond donors (Lipinski definition) is 0. The van der Waals surface area contributed by atoms with Crippen LogP contribution in [-0.4, -0.2) is 31.1 Å². The highest BCUT2D eigenvalue weighted by Gasteiger charge is 2.58. The number of halogens is 1. The number of nitrogens with zero attached hydrogens (tertiary/aromatic N) is 1. The van der Waals surface area contributed by atoms with Crippen molar-refractivity contribution in [1.29, 1.82) is 0 Å². The molecule has 0 aromatic heterocycles. The lowest BCUT2D eigenvalue weighted by Crippen LogP contribution is -2.71. The number of amides is 1. The fourth-order valence-electron chi connectivity index (χ4n) is 3.42. The Morgan fingerprint density at radius 1 is 1.19 bits per heavy atom. The number of fused-ring (bicyclic) bond motifs is 2. The lowest BCUT2D eigenvalue weighted by molar-refractivity contribution is -0.158. The number of anilines is 1. The fourth-order valence-corrected chi connectivity index (χ4v) is 3.42. The van der Waals surface area contributed by atoms with E-state index < -0.39 is 30.0 Å². The van der Waals surface area contributed by atoms with Gasteiger partial charge in [-0.3, -0.25) is 14.5 Å². The van der Waals surface area contributed by atoms with E-state index >= 15 is 0 Å². The Kier molecular flexibility index (Phi) is 3.79. The summed E-state index contributed by atoms with van der Waals surface area (Å²) in [6, 6.07) is 10.3. The highest BCUT2D eigenvalue weighted by atomic mass is 19.1. The van der Waals surface area contributed by atoms with Crippen molar-refractivity contribution in [3.05, 3.63) is 53.8 Å². The summed E-state index contributed by atoms with van der Waals surface area (Å²) in [7, 11) is 1.55. The van der Waals surface area contributed by atoms with Crippen molar-refractivity contribution >= 4 is 17.6 Å². The van der Waals surface area contributed by atoms with Gasteiger partial charge in [-0.1, -0.05) is 0 Å². The van der Waals surface area contributed by atoms with Gasteiger partial charge in [-0.15, -0.1) is 0 Å². The predicted molar refractivity (Wildman–Crippen MR) is 89.6 cm³/mol. The van der Waals surface area contributed by atoms with Crippen molar-refractivity contribution in [3.8, 4) is 11.5 Å². The van der Waals surface area contributed by atoms with E-state index in [0.717, 1.165) is 0 Å². The molecule has 1 saturated heterocycles. The van der Waals surface area contributed by atoms with Crippen molar-refractivity contribution in [1.82, 2.24) is 0 Å². The molecule has 0 aliphatic carbocycles. The average Bonchev–Trinajstić information content (AvgIpc) is 2.63. The molecule has 0 saturated carbocycles. The normalized spacial score (nSPS) is 23.3. The standard InChI is InChI=1S/C19H16FNO5/c1-10(22)25-17-14-9-11(20)3-8-15(14)26-18-16(17)21(19(18)23)12-4-6-13(24-2)7-5-12/h3-9,16-18H,1-2H3/t16-,17-,18+/m1/s1. The molecule has 0 N–H and O–H groups in total. The number of ether oxygens (including phenoxy) is 3. The Morgan fingerprint density at radius 2 is 1.92 bits per heavy atom. The first-order valence-corrected chi connectivity index (χ1v) is 8.10. The van der Waals surface area contributed by atoms with Gasteiger partial charge >= 0.3 is 5.97 Å². The monoisotopic (exact) mass is 357 g/mol. The summed E-state index contributed by atoms with van der Waals surface area (Å²) in [5.74, 6) is -0.222. The van der Waals surface area contributed by atoms with Crippen LogP contribution in [0.4, 0.5) is 10.1 Å². The molecule has 4 rings (SSSR count). The van der Waals surface area contributed by atoms with Gasteiger partial charge in [-0.25, -0.2) is 4.39 Å². The van der Waals surface area contributed by atoms with E-state index in [1.807, 2.05) is 0 Å². The van der Waals surface area contributed by atoms with Crippen LogP contribution in [0.5, 0.6) is 11.5 Å². The van der Waals surface area contributed by atoms with E-state index in [0.29, 0.717) is 22.7 Å². The molecule has 2 aliphatic rings. The Balaban J connectivity index is 1.74. The summed E-state index contributed by atoms with van der Waals surface area (Å²) < 4.78 is 30.0. The van der Waals surface area contributed by atoms with Gasteiger partial charge in [0.05, 0.1) is 7.11 Å². The molecular weight excluding hydrogens is 341 g/mol. The second kappa shape index (κ2) is 6.01. The zero-order valence-electron chi connectivity index (χ0n) is 14.1. The van der Waals surface area contributed by atoms with Crippen LogP contribution >= 0.6 is 0 Å². The number of benzene rings is 2. The minimum Gasteiger partial charge on any atom is -0.497 e. The molecule has 0 bridgehead atoms. The molecule has 2 aromatic carbocycles. The number of carbonyl (C=O) groups is 2. The van der Waals surface area contributed by atoms with E-state index in [4.69, 9.17) is 14.2 Å². The van der Waals surface area contributed by atoms with Gasteiger partial charge in [0.1, 0.15) is 23.4 Å². The molecule has 6 nitrogen and oxygen atoms in total. The Bertz CT molecular complexity index is 882. The SMILES string of the molecule is COc1ccc(N2C(=O)[C@H]3Oc4ccc(F)cc4[C@@H](OC(C)=O)[C@H]32)cc1. The molecule has 134 valence electrons. The van der Waals surface area contributed by atoms with E-state index in [2.05, 4.69) is 0 Å². The number of carbonyl (C=O) groups excluding carboxylic acids is 2. The van der Waals surface area contributed by atoms with Crippen molar-refractivity contribution in [2.24, 2.45) is 0 Å². The van der Waals surface area contributed by atoms with Crippen LogP contribution < -0.4 is 14.4 Å². The Morgan fingerprint density at radius 3 is 2.58 bits per heavy atom. The summed E-state index contributed by atoms with van der Waals surface area (Å²) in [6.45, 7) is 1.28. The van der Waals surface area contributed by atoms with Crippen molar-refractivity contribution in [3.63, 3.8) is 0 Å². The summed E-state index contributed by atoms with van der Waals surface area (Å²) >= 11 is 0. The second-order valence-electron chi connectivity index (χ2n) is 6.15. The number of esters is 1. The average molecular weight is 357 g/mol. The van der Waals surface area contributed by atoms with Crippen LogP contribution in [0.15, 0.2) is 42.5 Å². The Labute approximate surface area is 149 Å². The van der Waals surface area contributed by atoms with Gasteiger partial charge in [0, 0.05) is 18.2 Å². The predicted octanol–water partition coefficient (Wildman–Crippen LogP) is 2.61. The van der Waals surface area contributed by atoms with Gasteiger partial charge in [0.15, 0.2) is 6.10 Å². The van der Waals surface area contributed by atoms with Crippen molar-refractivity contribution in [2.75, 3.05) is 12.0 Å². The largest absolute Gasteiger partial charge is 0.497 e. The van der Waals surface area contributed by atoms with Crippen LogP contribution in [0.3, 0.4) is 0 Å². The number of β-lactam (4-membered cyclic amide) rings is 1. The molecule has 26 heavy (non-hydrogen) atoms. The molecule has 0 unspecified atom stereocenters. The molecule has 2 aromatic rings. The smallest absolute Gasteiger partial charge is 0.303 e. The van der Waals surface area contributed by atoms with E-state index in [-0.39, 0.29) is 5.91 Å². The maximum atomic E-state index is 13.7. The summed E-state index contributed by atoms with van der Waals surface area (Å²) in [6.07, 6.45) is -1.59. The van der Waals surface area contributed by atoms with Crippen LogP contribution in [-0.2, 0) is 14.3 Å². The molecule has 1 amide bonds. The zero-order valence-corrected chi connectivity index (χ0v) is 14.1. The maximum Gasteiger partial charge on any atom is 0.303 e. The first-order valence-electron chi connectivity index (χ1n) is 8.10. The van der Waals surface area contributed by atoms with Crippen LogP contribution in [0.2, 0.25) is 0 Å². The first-order chi connectivity index (χ1) is 12.5. The van der Waals surface area contributed by atoms with Gasteiger partial charge in [-0.05, 0) is 42.5 Å². The molecule has 3 atom stereocenters. The molecule has 0 radical (unpaired) electrons. The van der Waals surface area contributed by atoms with Crippen LogP contribution in [0.25, 0.3) is 0 Å². The first kappa shape index (κ1) is 16.4. The van der Waals surface area contributed by atoms with Gasteiger partial charge in [0.25, 0.3) is 5.91 Å². The molecule has 1 fully saturated rings. The second-order valence-corrected chi connectivity index (χ2v) is 6.15. The van der Waals surface area contributed by atoms with E-state index in [1.165, 1.54) is 30.0 Å². The highest BCUT2D eigenvalue weighted by molar-refractivity contribution is 6.05. The third-order valence-corrected chi connectivity index (χ3v) is 4.58. The minimum absolute atomic E-state index is 0.243. The topological polar surface area (TPSA) is 65.1 Å². The number of methoxy groups -OCH3 is 1. The van der Waals surface area contributed by atoms with Crippen LogP contribution in [0.1, 0.15) is 18.6 Å². The van der Waals surface area contributed by atoms with Gasteiger partial charge < -0.3 is 14.2 Å². The third-order valence-electron chi connectivity index (χ3n) is 4.58. The lowest BCUT2D eigenvalue weighted by Gasteiger charge is -2.51. The fraction of sp³-hybridized carbons (Fsp3) is 0.263. The van der Waals surface area contributed by atoms with Crippen molar-refractivity contribution < 1.29 is 28.2 Å². The molecule has 0 spiro atoms. The zero-order chi connectivity index (χ0) is 18.4. The van der Waals surface area contributed by atoms with Gasteiger partial charge in [0.2, 0.25) is 6.10 Å². The van der Waals surface area contributed by atoms with Crippen molar-refractivity contribution in [2.45, 2.75) is 25.2 Å². The number of rotatable bonds is 3. The van der Waals surface area contributed by atoms with Gasteiger partial charge in [-0.2, -0.15) is 0 Å². The highest BCUT2D eigenvalue weighted by Crippen LogP contribution is 2.46. The summed E-state index contributed by atoms with van der Waals surface area (Å²) in [5.41, 5.74) is 1.03. The summed E-state index contributed by atoms with van der Waals surface area (Å²) in [4.78, 5) is 25.7. The van der Waals surface area contributed by atoms with Crippen LogP contribution in [0, 0.1) is 5.82 Å². The molecule has 2 heterocycles. The quantitative estimate of drug-likeness (QED) is 0.624. The maximum absolute atomic E-state index is 13.7. The van der Waals surface area contributed by atoms with E-state index in [1.54, 1.807) is 31.4 Å². The Hall–Kier alpha value is -3.09. The summed E-state index contributed by atoms with van der Waals surface area (Å²) in [5, 5.41) is 0. The van der Waals surface area contributed by atoms with E-state index in [9.17, 15) is 14.0 Å².